The number of hydrogen-bond donors (Lipinski definition) is 1. The molecule has 228 valence electrons. The lowest BCUT2D eigenvalue weighted by Crippen LogP contribution is -2.13. The number of rotatable bonds is 7. The molecule has 1 aromatic heterocycles. The lowest BCUT2D eigenvalue weighted by molar-refractivity contribution is -0.112. The van der Waals surface area contributed by atoms with E-state index in [1.54, 1.807) is 48.5 Å². The summed E-state index contributed by atoms with van der Waals surface area (Å²) in [5, 5.41) is 14.4. The lowest BCUT2D eigenvalue weighted by atomic mass is 10.0. The van der Waals surface area contributed by atoms with Crippen LogP contribution >= 0.6 is 0 Å². The van der Waals surface area contributed by atoms with Gasteiger partial charge in [0.1, 0.15) is 17.4 Å². The largest absolute Gasteiger partial charge is 0.423 e. The second-order valence-electron chi connectivity index (χ2n) is 11.0. The van der Waals surface area contributed by atoms with Crippen molar-refractivity contribution in [1.29, 1.82) is 5.26 Å². The number of carbonyl (C=O) groups excluding carboxylic acids is 2. The molecule has 0 radical (unpaired) electrons. The Morgan fingerprint density at radius 3 is 1.98 bits per heavy atom. The van der Waals surface area contributed by atoms with Crippen LogP contribution in [0.2, 0.25) is 0 Å². The van der Waals surface area contributed by atoms with Crippen LogP contribution in [-0.2, 0) is 4.79 Å². The molecule has 0 spiro atoms. The molecule has 0 saturated carbocycles. The zero-order chi connectivity index (χ0) is 32.9. The van der Waals surface area contributed by atoms with Gasteiger partial charge in [-0.25, -0.2) is 14.8 Å². The predicted octanol–water partition coefficient (Wildman–Crippen LogP) is 8.88. The first-order valence-corrected chi connectivity index (χ1v) is 15.2. The molecule has 48 heavy (non-hydrogen) atoms. The van der Waals surface area contributed by atoms with Crippen LogP contribution in [0.3, 0.4) is 0 Å². The molecule has 0 bridgehead atoms. The number of fused-ring (bicyclic) bond motifs is 2. The third-order valence-corrected chi connectivity index (χ3v) is 7.80. The van der Waals surface area contributed by atoms with Gasteiger partial charge in [0.2, 0.25) is 0 Å². The Labute approximate surface area is 276 Å². The van der Waals surface area contributed by atoms with E-state index in [1.165, 1.54) is 6.08 Å². The zero-order valence-corrected chi connectivity index (χ0v) is 25.5. The monoisotopic (exact) mass is 622 g/mol. The maximum absolute atomic E-state index is 13.2. The van der Waals surface area contributed by atoms with Gasteiger partial charge < -0.3 is 10.1 Å². The fraction of sp³-hybridized carbons (Fsp3) is 0. The molecule has 7 rings (SSSR count). The van der Waals surface area contributed by atoms with Crippen molar-refractivity contribution < 1.29 is 14.3 Å². The highest BCUT2D eigenvalue weighted by Crippen LogP contribution is 2.31. The summed E-state index contributed by atoms with van der Waals surface area (Å²) in [5.41, 5.74) is 6.03. The average Bonchev–Trinajstić information content (AvgIpc) is 3.14. The number of nitriles is 1. The zero-order valence-electron chi connectivity index (χ0n) is 25.5. The molecule has 1 N–H and O–H groups in total. The SMILES string of the molecule is N#C/C(=C\c1ccc(OC(=O)c2ccc3nc(-c4ccccc4)c(-c4ccccc4)nc3c2)cc1)C(=O)Nc1cccc2ccccc12. The number of esters is 1. The first-order chi connectivity index (χ1) is 23.6. The second kappa shape index (κ2) is 13.2. The molecule has 1 heterocycles. The van der Waals surface area contributed by atoms with E-state index in [1.807, 2.05) is 103 Å². The fourth-order valence-electron chi connectivity index (χ4n) is 5.41. The van der Waals surface area contributed by atoms with E-state index < -0.39 is 11.9 Å². The highest BCUT2D eigenvalue weighted by molar-refractivity contribution is 6.13. The van der Waals surface area contributed by atoms with Gasteiger partial charge in [0, 0.05) is 22.2 Å². The van der Waals surface area contributed by atoms with E-state index in [2.05, 4.69) is 5.32 Å². The van der Waals surface area contributed by atoms with Gasteiger partial charge in [-0.15, -0.1) is 0 Å². The van der Waals surface area contributed by atoms with Gasteiger partial charge in [-0.1, -0.05) is 109 Å². The molecule has 1 amide bonds. The summed E-state index contributed by atoms with van der Waals surface area (Å²) >= 11 is 0. The van der Waals surface area contributed by atoms with E-state index in [4.69, 9.17) is 14.7 Å². The Hall–Kier alpha value is -6.91. The third kappa shape index (κ3) is 6.27. The molecule has 0 aliphatic heterocycles. The van der Waals surface area contributed by atoms with Crippen molar-refractivity contribution >= 4 is 45.4 Å². The molecule has 0 saturated heterocycles. The Kier molecular flexibility index (Phi) is 8.20. The van der Waals surface area contributed by atoms with E-state index in [9.17, 15) is 14.9 Å². The first-order valence-electron chi connectivity index (χ1n) is 15.2. The van der Waals surface area contributed by atoms with Gasteiger partial charge in [-0.3, -0.25) is 4.79 Å². The van der Waals surface area contributed by atoms with Crippen molar-refractivity contribution in [3.63, 3.8) is 0 Å². The fourth-order valence-corrected chi connectivity index (χ4v) is 5.41. The smallest absolute Gasteiger partial charge is 0.343 e. The lowest BCUT2D eigenvalue weighted by Gasteiger charge is -2.11. The Balaban J connectivity index is 1.10. The highest BCUT2D eigenvalue weighted by Gasteiger charge is 2.16. The molecule has 0 aliphatic carbocycles. The minimum atomic E-state index is -0.553. The number of nitrogens with zero attached hydrogens (tertiary/aromatic N) is 3. The summed E-state index contributed by atoms with van der Waals surface area (Å²) in [6, 6.07) is 46.7. The van der Waals surface area contributed by atoms with E-state index >= 15 is 0 Å². The average molecular weight is 623 g/mol. The topological polar surface area (TPSA) is 105 Å². The molecule has 7 nitrogen and oxygen atoms in total. The Morgan fingerprint density at radius 1 is 0.667 bits per heavy atom. The Morgan fingerprint density at radius 2 is 1.29 bits per heavy atom. The molecule has 7 heteroatoms. The van der Waals surface area contributed by atoms with E-state index in [0.717, 1.165) is 27.6 Å². The minimum Gasteiger partial charge on any atom is -0.423 e. The quantitative estimate of drug-likeness (QED) is 0.0824. The van der Waals surface area contributed by atoms with Crippen LogP contribution in [0.4, 0.5) is 5.69 Å². The highest BCUT2D eigenvalue weighted by atomic mass is 16.5. The standard InChI is InChI=1S/C41H26N4O3/c42-26-32(40(46)45-35-17-9-15-28-10-7-8-16-34(28)35)24-27-18-21-33(22-19-27)48-41(47)31-20-23-36-37(25-31)44-39(30-13-5-2-6-14-30)38(43-36)29-11-3-1-4-12-29/h1-25H,(H,45,46)/b32-24+. The van der Waals surface area contributed by atoms with Crippen molar-refractivity contribution in [3.8, 4) is 34.3 Å². The number of nitrogens with one attached hydrogen (secondary N) is 1. The first kappa shape index (κ1) is 29.8. The van der Waals surface area contributed by atoms with Crippen LogP contribution in [0, 0.1) is 11.3 Å². The summed E-state index contributed by atoms with van der Waals surface area (Å²) in [6.45, 7) is 0. The second-order valence-corrected chi connectivity index (χ2v) is 11.0. The summed E-state index contributed by atoms with van der Waals surface area (Å²) in [5.74, 6) is -0.760. The molecule has 0 unspecified atom stereocenters. The third-order valence-electron chi connectivity index (χ3n) is 7.80. The van der Waals surface area contributed by atoms with Crippen LogP contribution in [0.1, 0.15) is 15.9 Å². The van der Waals surface area contributed by atoms with Gasteiger partial charge in [0.05, 0.1) is 28.0 Å². The molecule has 0 atom stereocenters. The number of aromatic nitrogens is 2. The molecular formula is C41H26N4O3. The maximum Gasteiger partial charge on any atom is 0.343 e. The molecular weight excluding hydrogens is 596 g/mol. The summed E-state index contributed by atoms with van der Waals surface area (Å²) < 4.78 is 5.66. The number of anilines is 1. The molecule has 6 aromatic carbocycles. The maximum atomic E-state index is 13.2. The number of amides is 1. The molecule has 0 aliphatic rings. The van der Waals surface area contributed by atoms with Crippen molar-refractivity contribution in [1.82, 2.24) is 9.97 Å². The predicted molar refractivity (Wildman–Crippen MR) is 188 cm³/mol. The normalized spacial score (nSPS) is 11.2. The summed E-state index contributed by atoms with van der Waals surface area (Å²) in [6.07, 6.45) is 1.49. The van der Waals surface area contributed by atoms with Gasteiger partial charge >= 0.3 is 5.97 Å². The van der Waals surface area contributed by atoms with Crippen LogP contribution in [0.5, 0.6) is 5.75 Å². The van der Waals surface area contributed by atoms with Crippen molar-refractivity contribution in [2.24, 2.45) is 0 Å². The van der Waals surface area contributed by atoms with Crippen molar-refractivity contribution in [2.45, 2.75) is 0 Å². The minimum absolute atomic E-state index is 0.0600. The van der Waals surface area contributed by atoms with Crippen molar-refractivity contribution in [2.75, 3.05) is 5.32 Å². The van der Waals surface area contributed by atoms with E-state index in [0.29, 0.717) is 39.3 Å². The van der Waals surface area contributed by atoms with Gasteiger partial charge in [0.15, 0.2) is 0 Å². The van der Waals surface area contributed by atoms with Gasteiger partial charge in [-0.2, -0.15) is 5.26 Å². The molecule has 7 aromatic rings. The van der Waals surface area contributed by atoms with Crippen molar-refractivity contribution in [3.05, 3.63) is 162 Å². The van der Waals surface area contributed by atoms with Gasteiger partial charge in [-0.05, 0) is 53.4 Å². The van der Waals surface area contributed by atoms with E-state index in [-0.39, 0.29) is 5.57 Å². The summed E-state index contributed by atoms with van der Waals surface area (Å²) in [7, 11) is 0. The van der Waals surface area contributed by atoms with Crippen LogP contribution in [0.15, 0.2) is 151 Å². The summed E-state index contributed by atoms with van der Waals surface area (Å²) in [4.78, 5) is 36.0. The number of hydrogen-bond acceptors (Lipinski definition) is 6. The van der Waals surface area contributed by atoms with Crippen LogP contribution in [0.25, 0.3) is 50.4 Å². The molecule has 0 fully saturated rings. The van der Waals surface area contributed by atoms with Gasteiger partial charge in [0.25, 0.3) is 5.91 Å². The number of benzene rings is 6. The number of carbonyl (C=O) groups is 2. The van der Waals surface area contributed by atoms with Crippen LogP contribution in [-0.4, -0.2) is 21.8 Å². The Bertz CT molecular complexity index is 2380. The number of ether oxygens (including phenoxy) is 1. The van der Waals surface area contributed by atoms with Crippen LogP contribution < -0.4 is 10.1 Å².